The molecule has 208 valence electrons. The lowest BCUT2D eigenvalue weighted by Crippen LogP contribution is -2.50. The number of rotatable bonds is 15. The van der Waals surface area contributed by atoms with Gasteiger partial charge in [-0.15, -0.1) is 0 Å². The fraction of sp³-hybridized carbons (Fsp3) is 0.355. The van der Waals surface area contributed by atoms with Gasteiger partial charge in [0.05, 0.1) is 23.8 Å². The summed E-state index contributed by atoms with van der Waals surface area (Å²) in [5, 5.41) is 3.87. The van der Waals surface area contributed by atoms with E-state index in [1.807, 2.05) is 60.7 Å². The molecule has 0 spiro atoms. The van der Waals surface area contributed by atoms with E-state index in [1.165, 1.54) is 0 Å². The summed E-state index contributed by atoms with van der Waals surface area (Å²) in [7, 11) is 1.61. The first kappa shape index (κ1) is 30.3. The number of unbranched alkanes of at least 4 members (excludes halogenated alkanes) is 1. The second-order valence-corrected chi connectivity index (χ2v) is 10.1. The highest BCUT2D eigenvalue weighted by Crippen LogP contribution is 2.25. The third-order valence-electron chi connectivity index (χ3n) is 6.30. The minimum absolute atomic E-state index is 0.133. The van der Waals surface area contributed by atoms with Crippen LogP contribution in [0, 0.1) is 0 Å². The molecule has 0 aliphatic rings. The summed E-state index contributed by atoms with van der Waals surface area (Å²) in [6.45, 7) is 3.23. The van der Waals surface area contributed by atoms with Gasteiger partial charge in [-0.2, -0.15) is 0 Å². The zero-order valence-corrected chi connectivity index (χ0v) is 24.0. The molecule has 0 heterocycles. The van der Waals surface area contributed by atoms with Gasteiger partial charge in [0.2, 0.25) is 11.8 Å². The zero-order chi connectivity index (χ0) is 28.0. The van der Waals surface area contributed by atoms with Crippen molar-refractivity contribution >= 4 is 35.0 Å². The maximum absolute atomic E-state index is 13.7. The second-order valence-electron chi connectivity index (χ2n) is 9.25. The molecule has 0 saturated carbocycles. The van der Waals surface area contributed by atoms with Crippen molar-refractivity contribution in [3.8, 4) is 11.5 Å². The number of nitrogens with one attached hydrogen (secondary N) is 1. The first-order valence-electron chi connectivity index (χ1n) is 13.2. The monoisotopic (exact) mass is 570 g/mol. The van der Waals surface area contributed by atoms with Crippen LogP contribution in [0.2, 0.25) is 10.0 Å². The quantitative estimate of drug-likeness (QED) is 0.206. The van der Waals surface area contributed by atoms with Crippen molar-refractivity contribution < 1.29 is 19.1 Å². The van der Waals surface area contributed by atoms with E-state index in [0.29, 0.717) is 41.8 Å². The molecule has 0 bridgehead atoms. The summed E-state index contributed by atoms with van der Waals surface area (Å²) in [6.07, 6.45) is 2.95. The first-order valence-corrected chi connectivity index (χ1v) is 14.0. The molecule has 3 aromatic rings. The average molecular weight is 572 g/mol. The van der Waals surface area contributed by atoms with Gasteiger partial charge in [-0.05, 0) is 60.4 Å². The van der Waals surface area contributed by atoms with Crippen molar-refractivity contribution in [1.29, 1.82) is 0 Å². The highest BCUT2D eigenvalue weighted by atomic mass is 35.5. The van der Waals surface area contributed by atoms with Gasteiger partial charge in [0.1, 0.15) is 17.5 Å². The molecule has 0 unspecified atom stereocenters. The maximum atomic E-state index is 13.7. The fourth-order valence-electron chi connectivity index (χ4n) is 4.12. The van der Waals surface area contributed by atoms with Crippen molar-refractivity contribution in [1.82, 2.24) is 10.2 Å². The van der Waals surface area contributed by atoms with Crippen LogP contribution in [0.1, 0.15) is 43.7 Å². The van der Waals surface area contributed by atoms with Crippen molar-refractivity contribution in [2.24, 2.45) is 0 Å². The number of halogens is 2. The van der Waals surface area contributed by atoms with Crippen LogP contribution < -0.4 is 14.8 Å². The smallest absolute Gasteiger partial charge is 0.243 e. The number of carbonyl (C=O) groups excluding carboxylic acids is 2. The SMILES string of the molecule is CCCCNC(=O)[C@@H](Cc1ccccc1)N(Cc1ccc(Cl)c(Cl)c1)C(=O)CCCOc1ccc(OC)cc1. The molecule has 0 fully saturated rings. The lowest BCUT2D eigenvalue weighted by molar-refractivity contribution is -0.141. The lowest BCUT2D eigenvalue weighted by Gasteiger charge is -2.32. The normalized spacial score (nSPS) is 11.5. The topological polar surface area (TPSA) is 67.9 Å². The Balaban J connectivity index is 1.78. The van der Waals surface area contributed by atoms with Crippen molar-refractivity contribution in [2.75, 3.05) is 20.3 Å². The predicted molar refractivity (Wildman–Crippen MR) is 157 cm³/mol. The van der Waals surface area contributed by atoms with E-state index in [9.17, 15) is 9.59 Å². The molecule has 6 nitrogen and oxygen atoms in total. The number of hydrogen-bond acceptors (Lipinski definition) is 4. The maximum Gasteiger partial charge on any atom is 0.243 e. The molecule has 0 aliphatic heterocycles. The van der Waals surface area contributed by atoms with Gasteiger partial charge >= 0.3 is 0 Å². The van der Waals surface area contributed by atoms with E-state index in [1.54, 1.807) is 24.1 Å². The standard InChI is InChI=1S/C31H36Cl2N2O4/c1-3-4-18-34-31(37)29(21-23-9-6-5-7-10-23)35(22-24-12-17-27(32)28(33)20-24)30(36)11-8-19-39-26-15-13-25(38-2)14-16-26/h5-7,9-10,12-17,20,29H,3-4,8,11,18-19,21-22H2,1-2H3,(H,34,37)/t29-/m1/s1. The molecule has 3 aromatic carbocycles. The van der Waals surface area contributed by atoms with E-state index in [4.69, 9.17) is 32.7 Å². The molecule has 0 aromatic heterocycles. The number of carbonyl (C=O) groups is 2. The molecule has 0 saturated heterocycles. The molecule has 0 aliphatic carbocycles. The molecular formula is C31H36Cl2N2O4. The van der Waals surface area contributed by atoms with E-state index in [2.05, 4.69) is 12.2 Å². The highest BCUT2D eigenvalue weighted by molar-refractivity contribution is 6.42. The number of methoxy groups -OCH3 is 1. The van der Waals surface area contributed by atoms with Crippen LogP contribution in [0.4, 0.5) is 0 Å². The summed E-state index contributed by atoms with van der Waals surface area (Å²) < 4.78 is 11.0. The van der Waals surface area contributed by atoms with Crippen molar-refractivity contribution in [3.63, 3.8) is 0 Å². The second kappa shape index (κ2) is 16.0. The Morgan fingerprint density at radius 3 is 2.28 bits per heavy atom. The van der Waals surface area contributed by atoms with Crippen LogP contribution in [-0.2, 0) is 22.6 Å². The number of nitrogens with zero attached hydrogens (tertiary/aromatic N) is 1. The molecule has 8 heteroatoms. The van der Waals surface area contributed by atoms with Crippen LogP contribution in [0.5, 0.6) is 11.5 Å². The Labute approximate surface area is 241 Å². The Morgan fingerprint density at radius 1 is 0.897 bits per heavy atom. The first-order chi connectivity index (χ1) is 18.9. The summed E-state index contributed by atoms with van der Waals surface area (Å²) >= 11 is 12.4. The molecule has 39 heavy (non-hydrogen) atoms. The molecular weight excluding hydrogens is 535 g/mol. The van der Waals surface area contributed by atoms with Gasteiger partial charge in [0.25, 0.3) is 0 Å². The van der Waals surface area contributed by atoms with Gasteiger partial charge < -0.3 is 19.7 Å². The summed E-state index contributed by atoms with van der Waals surface area (Å²) in [6, 6.07) is 21.6. The third-order valence-corrected chi connectivity index (χ3v) is 7.04. The molecule has 0 radical (unpaired) electrons. The van der Waals surface area contributed by atoms with Crippen molar-refractivity contribution in [2.45, 2.75) is 51.6 Å². The van der Waals surface area contributed by atoms with Gasteiger partial charge in [-0.3, -0.25) is 9.59 Å². The Morgan fingerprint density at radius 2 is 1.62 bits per heavy atom. The van der Waals surface area contributed by atoms with Crippen LogP contribution in [0.25, 0.3) is 0 Å². The molecule has 3 rings (SSSR count). The minimum Gasteiger partial charge on any atom is -0.497 e. The predicted octanol–water partition coefficient (Wildman–Crippen LogP) is 6.72. The van der Waals surface area contributed by atoms with Crippen LogP contribution in [-0.4, -0.2) is 43.0 Å². The highest BCUT2D eigenvalue weighted by Gasteiger charge is 2.30. The fourth-order valence-corrected chi connectivity index (χ4v) is 4.44. The number of benzene rings is 3. The number of amides is 2. The van der Waals surface area contributed by atoms with E-state index >= 15 is 0 Å². The molecule has 1 N–H and O–H groups in total. The Kier molecular flexibility index (Phi) is 12.5. The van der Waals surface area contributed by atoms with Gasteiger partial charge in [-0.1, -0.05) is 72.9 Å². The van der Waals surface area contributed by atoms with Gasteiger partial charge in [-0.25, -0.2) is 0 Å². The lowest BCUT2D eigenvalue weighted by atomic mass is 10.0. The average Bonchev–Trinajstić information content (AvgIpc) is 2.95. The van der Waals surface area contributed by atoms with Crippen LogP contribution in [0.3, 0.4) is 0 Å². The minimum atomic E-state index is -0.686. The number of hydrogen-bond donors (Lipinski definition) is 1. The van der Waals surface area contributed by atoms with Crippen LogP contribution >= 0.6 is 23.2 Å². The van der Waals surface area contributed by atoms with Gasteiger partial charge in [0, 0.05) is 25.9 Å². The van der Waals surface area contributed by atoms with E-state index < -0.39 is 6.04 Å². The largest absolute Gasteiger partial charge is 0.497 e. The molecule has 1 atom stereocenters. The van der Waals surface area contributed by atoms with E-state index in [-0.39, 0.29) is 24.8 Å². The van der Waals surface area contributed by atoms with Gasteiger partial charge in [0.15, 0.2) is 0 Å². The summed E-state index contributed by atoms with van der Waals surface area (Å²) in [5.41, 5.74) is 1.77. The van der Waals surface area contributed by atoms with Crippen molar-refractivity contribution in [3.05, 3.63) is 94.0 Å². The Bertz CT molecular complexity index is 1190. The van der Waals surface area contributed by atoms with E-state index in [0.717, 1.165) is 29.7 Å². The summed E-state index contributed by atoms with van der Waals surface area (Å²) in [5.74, 6) is 1.14. The number of ether oxygens (including phenoxy) is 2. The third kappa shape index (κ3) is 9.79. The zero-order valence-electron chi connectivity index (χ0n) is 22.5. The summed E-state index contributed by atoms with van der Waals surface area (Å²) in [4.78, 5) is 28.8. The molecule has 2 amide bonds. The van der Waals surface area contributed by atoms with Crippen LogP contribution in [0.15, 0.2) is 72.8 Å². The Hall–Kier alpha value is -3.22.